The van der Waals surface area contributed by atoms with Gasteiger partial charge >= 0.3 is 6.18 Å². The van der Waals surface area contributed by atoms with E-state index in [1.165, 1.54) is 0 Å². The van der Waals surface area contributed by atoms with Crippen molar-refractivity contribution in [1.29, 1.82) is 0 Å². The van der Waals surface area contributed by atoms with Gasteiger partial charge in [-0.3, -0.25) is 0 Å². The van der Waals surface area contributed by atoms with E-state index >= 15 is 0 Å². The van der Waals surface area contributed by atoms with Crippen LogP contribution in [0.2, 0.25) is 5.02 Å². The van der Waals surface area contributed by atoms with Crippen LogP contribution in [0.25, 0.3) is 0 Å². The molecule has 0 fully saturated rings. The van der Waals surface area contributed by atoms with Gasteiger partial charge in [0.05, 0.1) is 10.6 Å². The molecule has 0 radical (unpaired) electrons. The first-order chi connectivity index (χ1) is 12.7. The number of aromatic nitrogens is 3. The second-order valence-corrected chi connectivity index (χ2v) is 6.98. The molecule has 0 saturated heterocycles. The lowest BCUT2D eigenvalue weighted by Crippen LogP contribution is -2.05. The zero-order valence-corrected chi connectivity index (χ0v) is 15.7. The lowest BCUT2D eigenvalue weighted by atomic mass is 10.1. The number of nitrogens with zero attached hydrogens (tertiary/aromatic N) is 3. The van der Waals surface area contributed by atoms with Crippen LogP contribution in [0, 0.1) is 13.8 Å². The Labute approximate surface area is 161 Å². The highest BCUT2D eigenvalue weighted by molar-refractivity contribution is 7.99. The van der Waals surface area contributed by atoms with Gasteiger partial charge < -0.3 is 9.15 Å². The molecule has 0 unspecified atom stereocenters. The normalized spacial score (nSPS) is 11.6. The van der Waals surface area contributed by atoms with E-state index in [1.807, 2.05) is 32.0 Å². The monoisotopic (exact) mass is 415 g/mol. The van der Waals surface area contributed by atoms with Gasteiger partial charge in [0.15, 0.2) is 6.61 Å². The molecule has 0 saturated carbocycles. The number of aryl methyl sites for hydroxylation is 2. The summed E-state index contributed by atoms with van der Waals surface area (Å²) in [5.74, 6) is 0.927. The number of ether oxygens (including phenoxy) is 1. The number of hydrogen-bond acceptors (Lipinski definition) is 6. The average Bonchev–Trinajstić information content (AvgIpc) is 3.04. The van der Waals surface area contributed by atoms with Gasteiger partial charge in [0, 0.05) is 6.20 Å². The summed E-state index contributed by atoms with van der Waals surface area (Å²) >= 11 is 6.74. The first-order valence-electron chi connectivity index (χ1n) is 7.65. The van der Waals surface area contributed by atoms with E-state index in [4.69, 9.17) is 20.8 Å². The van der Waals surface area contributed by atoms with E-state index in [1.54, 1.807) is 0 Å². The minimum Gasteiger partial charge on any atom is -0.484 e. The van der Waals surface area contributed by atoms with E-state index in [2.05, 4.69) is 15.2 Å². The number of rotatable bonds is 5. The summed E-state index contributed by atoms with van der Waals surface area (Å²) in [6.07, 6.45) is -3.81. The summed E-state index contributed by atoms with van der Waals surface area (Å²) < 4.78 is 49.0. The van der Waals surface area contributed by atoms with Crippen LogP contribution in [0.5, 0.6) is 5.75 Å². The molecule has 10 heteroatoms. The van der Waals surface area contributed by atoms with Gasteiger partial charge in [-0.2, -0.15) is 13.2 Å². The Morgan fingerprint density at radius 1 is 1.19 bits per heavy atom. The van der Waals surface area contributed by atoms with Crippen molar-refractivity contribution >= 4 is 23.4 Å². The Balaban J connectivity index is 1.67. The standard InChI is InChI=1S/C17H13ClF3N3O2S/c1-9-3-4-10(2)13(5-9)25-8-14-23-24-16(26-14)27-15-12(18)6-11(7-22-15)17(19,20)21/h3-7H,8H2,1-2H3. The van der Waals surface area contributed by atoms with Gasteiger partial charge in [-0.25, -0.2) is 4.98 Å². The van der Waals surface area contributed by atoms with Crippen molar-refractivity contribution in [1.82, 2.24) is 15.2 Å². The van der Waals surface area contributed by atoms with Crippen molar-refractivity contribution in [2.75, 3.05) is 0 Å². The van der Waals surface area contributed by atoms with Crippen molar-refractivity contribution in [2.24, 2.45) is 0 Å². The lowest BCUT2D eigenvalue weighted by molar-refractivity contribution is -0.137. The summed E-state index contributed by atoms with van der Waals surface area (Å²) in [4.78, 5) is 3.72. The van der Waals surface area contributed by atoms with Crippen LogP contribution in [-0.2, 0) is 12.8 Å². The second kappa shape index (κ2) is 7.77. The highest BCUT2D eigenvalue weighted by atomic mass is 35.5. The van der Waals surface area contributed by atoms with E-state index in [9.17, 15) is 13.2 Å². The van der Waals surface area contributed by atoms with Crippen molar-refractivity contribution in [3.8, 4) is 5.75 Å². The molecule has 0 aliphatic carbocycles. The van der Waals surface area contributed by atoms with Crippen LogP contribution in [0.4, 0.5) is 13.2 Å². The Morgan fingerprint density at radius 3 is 2.67 bits per heavy atom. The van der Waals surface area contributed by atoms with Gasteiger partial charge in [-0.1, -0.05) is 23.7 Å². The number of alkyl halides is 3. The molecule has 0 bridgehead atoms. The molecular weight excluding hydrogens is 403 g/mol. The smallest absolute Gasteiger partial charge is 0.417 e. The molecule has 142 valence electrons. The van der Waals surface area contributed by atoms with Crippen LogP contribution in [-0.4, -0.2) is 15.2 Å². The molecule has 2 heterocycles. The molecule has 1 aromatic carbocycles. The molecular formula is C17H13ClF3N3O2S. The largest absolute Gasteiger partial charge is 0.484 e. The first-order valence-corrected chi connectivity index (χ1v) is 8.85. The maximum atomic E-state index is 12.6. The summed E-state index contributed by atoms with van der Waals surface area (Å²) in [5.41, 5.74) is 1.10. The maximum absolute atomic E-state index is 12.6. The summed E-state index contributed by atoms with van der Waals surface area (Å²) in [5, 5.41) is 7.76. The fraction of sp³-hybridized carbons (Fsp3) is 0.235. The topological polar surface area (TPSA) is 61.0 Å². The highest BCUT2D eigenvalue weighted by Crippen LogP contribution is 2.35. The SMILES string of the molecule is Cc1ccc(C)c(OCc2nnc(Sc3ncc(C(F)(F)F)cc3Cl)o2)c1. The molecule has 3 rings (SSSR count). The highest BCUT2D eigenvalue weighted by Gasteiger charge is 2.31. The van der Waals surface area contributed by atoms with Gasteiger partial charge in [0.25, 0.3) is 11.1 Å². The van der Waals surface area contributed by atoms with E-state index < -0.39 is 11.7 Å². The van der Waals surface area contributed by atoms with Crippen LogP contribution in [0.3, 0.4) is 0 Å². The van der Waals surface area contributed by atoms with Gasteiger partial charge in [-0.05, 0) is 48.9 Å². The Morgan fingerprint density at radius 2 is 1.96 bits per heavy atom. The summed E-state index contributed by atoms with van der Waals surface area (Å²) in [7, 11) is 0. The molecule has 0 aliphatic rings. The zero-order valence-electron chi connectivity index (χ0n) is 14.2. The van der Waals surface area contributed by atoms with Gasteiger partial charge in [0.1, 0.15) is 10.8 Å². The van der Waals surface area contributed by atoms with Crippen molar-refractivity contribution in [3.63, 3.8) is 0 Å². The van der Waals surface area contributed by atoms with E-state index in [-0.39, 0.29) is 27.8 Å². The fourth-order valence-corrected chi connectivity index (χ4v) is 3.01. The molecule has 27 heavy (non-hydrogen) atoms. The predicted molar refractivity (Wildman–Crippen MR) is 92.9 cm³/mol. The Hall–Kier alpha value is -2.26. The lowest BCUT2D eigenvalue weighted by Gasteiger charge is -2.08. The van der Waals surface area contributed by atoms with E-state index in [0.29, 0.717) is 11.9 Å². The molecule has 2 aromatic heterocycles. The Bertz CT molecular complexity index is 963. The molecule has 0 atom stereocenters. The van der Waals surface area contributed by atoms with E-state index in [0.717, 1.165) is 29.0 Å². The summed E-state index contributed by atoms with van der Waals surface area (Å²) in [6.45, 7) is 3.93. The maximum Gasteiger partial charge on any atom is 0.417 e. The number of halogens is 4. The second-order valence-electron chi connectivity index (χ2n) is 5.63. The van der Waals surface area contributed by atoms with Gasteiger partial charge in [-0.15, -0.1) is 10.2 Å². The van der Waals surface area contributed by atoms with Crippen LogP contribution in [0.1, 0.15) is 22.6 Å². The molecule has 0 N–H and O–H groups in total. The number of benzene rings is 1. The third kappa shape index (κ3) is 4.92. The van der Waals surface area contributed by atoms with Crippen molar-refractivity contribution < 1.29 is 22.3 Å². The quantitative estimate of drug-likeness (QED) is 0.549. The van der Waals surface area contributed by atoms with Gasteiger partial charge in [0.2, 0.25) is 0 Å². The van der Waals surface area contributed by atoms with Crippen molar-refractivity contribution in [3.05, 3.63) is 58.1 Å². The van der Waals surface area contributed by atoms with Crippen LogP contribution in [0.15, 0.2) is 45.1 Å². The number of hydrogen-bond donors (Lipinski definition) is 0. The zero-order chi connectivity index (χ0) is 19.6. The minimum absolute atomic E-state index is 0.0615. The molecule has 0 spiro atoms. The molecule has 3 aromatic rings. The van der Waals surface area contributed by atoms with Crippen molar-refractivity contribution in [2.45, 2.75) is 36.9 Å². The summed E-state index contributed by atoms with van der Waals surface area (Å²) in [6, 6.07) is 6.62. The molecule has 5 nitrogen and oxygen atoms in total. The van der Waals surface area contributed by atoms with Crippen LogP contribution < -0.4 is 4.74 Å². The average molecular weight is 416 g/mol. The third-order valence-corrected chi connectivity index (χ3v) is 4.72. The molecule has 0 aliphatic heterocycles. The first kappa shape index (κ1) is 19.5. The fourth-order valence-electron chi connectivity index (χ4n) is 2.08. The van der Waals surface area contributed by atoms with Crippen LogP contribution >= 0.6 is 23.4 Å². The minimum atomic E-state index is -4.51. The number of pyridine rings is 1. The molecule has 0 amide bonds. The predicted octanol–water partition coefficient (Wildman–Crippen LogP) is 5.48. The Kier molecular flexibility index (Phi) is 5.61. The third-order valence-electron chi connectivity index (χ3n) is 3.46.